The highest BCUT2D eigenvalue weighted by Crippen LogP contribution is 2.60. The third kappa shape index (κ3) is 5.87. The molecule has 0 unspecified atom stereocenters. The van der Waals surface area contributed by atoms with Crippen molar-refractivity contribution >= 4 is 21.5 Å². The highest BCUT2D eigenvalue weighted by Gasteiger charge is 2.48. The number of nitrogens with zero attached hydrogens (tertiary/aromatic N) is 2. The van der Waals surface area contributed by atoms with E-state index in [1.165, 1.54) is 55.3 Å². The molecule has 11 aromatic rings. The second-order valence-electron chi connectivity index (χ2n) is 16.4. The van der Waals surface area contributed by atoms with Crippen LogP contribution in [-0.2, 0) is 5.41 Å². The van der Waals surface area contributed by atoms with E-state index in [9.17, 15) is 0 Å². The van der Waals surface area contributed by atoms with Gasteiger partial charge in [-0.1, -0.05) is 231 Å². The molecule has 1 aliphatic rings. The Bertz CT molecular complexity index is 3450. The van der Waals surface area contributed by atoms with Crippen molar-refractivity contribution < 1.29 is 0 Å². The fraction of sp³-hybridized carbons (Fsp3) is 0.0164. The minimum absolute atomic E-state index is 0.599. The van der Waals surface area contributed by atoms with Crippen molar-refractivity contribution in [3.05, 3.63) is 265 Å². The molecule has 294 valence electrons. The maximum atomic E-state index is 5.44. The van der Waals surface area contributed by atoms with Crippen molar-refractivity contribution in [3.63, 3.8) is 0 Å². The molecule has 0 atom stereocenters. The number of hydrogen-bond donors (Lipinski definition) is 0. The number of aromatic nitrogens is 2. The molecule has 0 aliphatic heterocycles. The molecule has 10 aromatic carbocycles. The summed E-state index contributed by atoms with van der Waals surface area (Å²) in [5.74, 6) is 0.692. The molecule has 0 fully saturated rings. The van der Waals surface area contributed by atoms with E-state index < -0.39 is 5.41 Å². The summed E-state index contributed by atoms with van der Waals surface area (Å²) in [6.07, 6.45) is 0. The molecule has 0 saturated heterocycles. The SMILES string of the molecule is c1ccc(-c2cc(-c3ccccc3-c3ccccc3)nc(-c3ccc(-c4cccc5c4C(c4ccccc4)(c4ccccc4)c4c-5ccc5ccccc45)c4ccccc34)n2)cc1. The van der Waals surface area contributed by atoms with Crippen LogP contribution < -0.4 is 0 Å². The highest BCUT2D eigenvalue weighted by molar-refractivity contribution is 6.08. The fourth-order valence-electron chi connectivity index (χ4n) is 10.3. The topological polar surface area (TPSA) is 25.8 Å². The quantitative estimate of drug-likeness (QED) is 0.160. The molecular weight excluding hydrogens is 761 g/mol. The first kappa shape index (κ1) is 36.6. The van der Waals surface area contributed by atoms with Gasteiger partial charge < -0.3 is 0 Å². The monoisotopic (exact) mass is 800 g/mol. The van der Waals surface area contributed by atoms with Gasteiger partial charge >= 0.3 is 0 Å². The Hall–Kier alpha value is -8.20. The van der Waals surface area contributed by atoms with Gasteiger partial charge in [0.05, 0.1) is 16.8 Å². The summed E-state index contributed by atoms with van der Waals surface area (Å²) in [5.41, 5.74) is 16.6. The van der Waals surface area contributed by atoms with Gasteiger partial charge in [0, 0.05) is 16.7 Å². The van der Waals surface area contributed by atoms with E-state index in [-0.39, 0.29) is 0 Å². The molecule has 0 radical (unpaired) electrons. The van der Waals surface area contributed by atoms with Crippen LogP contribution in [0.3, 0.4) is 0 Å². The third-order valence-electron chi connectivity index (χ3n) is 13.0. The van der Waals surface area contributed by atoms with E-state index in [0.29, 0.717) is 5.82 Å². The molecule has 1 aliphatic carbocycles. The maximum Gasteiger partial charge on any atom is 0.161 e. The molecule has 2 heteroatoms. The molecule has 1 heterocycles. The van der Waals surface area contributed by atoms with E-state index in [4.69, 9.17) is 9.97 Å². The van der Waals surface area contributed by atoms with Crippen molar-refractivity contribution in [2.75, 3.05) is 0 Å². The lowest BCUT2D eigenvalue weighted by atomic mass is 9.65. The van der Waals surface area contributed by atoms with Crippen LogP contribution in [0, 0.1) is 0 Å². The molecule has 0 saturated carbocycles. The van der Waals surface area contributed by atoms with Gasteiger partial charge in [-0.05, 0) is 89.3 Å². The smallest absolute Gasteiger partial charge is 0.161 e. The predicted molar refractivity (Wildman–Crippen MR) is 262 cm³/mol. The zero-order valence-electron chi connectivity index (χ0n) is 34.5. The average Bonchev–Trinajstić information content (AvgIpc) is 3.69. The summed E-state index contributed by atoms with van der Waals surface area (Å²) < 4.78 is 0. The largest absolute Gasteiger partial charge is 0.228 e. The fourth-order valence-corrected chi connectivity index (χ4v) is 10.3. The van der Waals surface area contributed by atoms with Crippen molar-refractivity contribution in [2.24, 2.45) is 0 Å². The Morgan fingerprint density at radius 1 is 0.270 bits per heavy atom. The van der Waals surface area contributed by atoms with Crippen LogP contribution in [0.15, 0.2) is 243 Å². The summed E-state index contributed by atoms with van der Waals surface area (Å²) in [6, 6.07) is 87.7. The van der Waals surface area contributed by atoms with E-state index in [2.05, 4.69) is 243 Å². The van der Waals surface area contributed by atoms with Gasteiger partial charge in [0.2, 0.25) is 0 Å². The number of benzene rings is 10. The zero-order chi connectivity index (χ0) is 41.7. The first-order chi connectivity index (χ1) is 31.3. The second kappa shape index (κ2) is 15.1. The minimum atomic E-state index is -0.599. The molecule has 12 rings (SSSR count). The summed E-state index contributed by atoms with van der Waals surface area (Å²) >= 11 is 0. The lowest BCUT2D eigenvalue weighted by Crippen LogP contribution is -2.29. The number of rotatable bonds is 7. The Balaban J connectivity index is 1.12. The molecule has 1 aromatic heterocycles. The average molecular weight is 801 g/mol. The maximum absolute atomic E-state index is 5.44. The van der Waals surface area contributed by atoms with E-state index in [0.717, 1.165) is 50.0 Å². The summed E-state index contributed by atoms with van der Waals surface area (Å²) in [5, 5.41) is 4.76. The first-order valence-corrected chi connectivity index (χ1v) is 21.7. The summed E-state index contributed by atoms with van der Waals surface area (Å²) in [4.78, 5) is 10.8. The van der Waals surface area contributed by atoms with Crippen LogP contribution in [-0.4, -0.2) is 9.97 Å². The van der Waals surface area contributed by atoms with E-state index in [1.807, 2.05) is 0 Å². The number of hydrogen-bond acceptors (Lipinski definition) is 2. The minimum Gasteiger partial charge on any atom is -0.228 e. The second-order valence-corrected chi connectivity index (χ2v) is 16.4. The lowest BCUT2D eigenvalue weighted by molar-refractivity contribution is 0.777. The van der Waals surface area contributed by atoms with E-state index in [1.54, 1.807) is 0 Å². The Kier molecular flexibility index (Phi) is 8.76. The van der Waals surface area contributed by atoms with Crippen molar-refractivity contribution in [3.8, 4) is 67.3 Å². The Morgan fingerprint density at radius 2 is 0.730 bits per heavy atom. The molecule has 2 nitrogen and oxygen atoms in total. The first-order valence-electron chi connectivity index (χ1n) is 21.7. The van der Waals surface area contributed by atoms with Gasteiger partial charge in [0.15, 0.2) is 5.82 Å². The van der Waals surface area contributed by atoms with Crippen molar-refractivity contribution in [1.82, 2.24) is 9.97 Å². The van der Waals surface area contributed by atoms with Gasteiger partial charge in [-0.3, -0.25) is 0 Å². The lowest BCUT2D eigenvalue weighted by Gasteiger charge is -2.36. The van der Waals surface area contributed by atoms with Crippen LogP contribution in [0.25, 0.3) is 88.8 Å². The van der Waals surface area contributed by atoms with Crippen LogP contribution >= 0.6 is 0 Å². The molecule has 0 amide bonds. The van der Waals surface area contributed by atoms with Crippen LogP contribution in [0.2, 0.25) is 0 Å². The molecule has 0 N–H and O–H groups in total. The normalized spacial score (nSPS) is 12.6. The molecule has 0 bridgehead atoms. The standard InChI is InChI=1S/C61H40N2/c1-5-20-41(21-6-1)46-29-15-18-33-51(46)57-40-56(43-23-7-2-8-24-43)62-60(63-57)55-39-38-50(48-31-16-17-32-49(48)55)52-34-19-35-53-54-37-36-42-22-13-14-30-47(42)58(54)61(59(52)53,44-25-9-3-10-26-44)45-27-11-4-12-28-45/h1-40H. The Morgan fingerprint density at radius 3 is 1.41 bits per heavy atom. The van der Waals surface area contributed by atoms with Crippen LogP contribution in [0.5, 0.6) is 0 Å². The van der Waals surface area contributed by atoms with Crippen LogP contribution in [0.1, 0.15) is 22.3 Å². The van der Waals surface area contributed by atoms with Crippen molar-refractivity contribution in [2.45, 2.75) is 5.41 Å². The van der Waals surface area contributed by atoms with Crippen LogP contribution in [0.4, 0.5) is 0 Å². The van der Waals surface area contributed by atoms with Gasteiger partial charge in [0.25, 0.3) is 0 Å². The highest BCUT2D eigenvalue weighted by atomic mass is 14.9. The Labute approximate surface area is 367 Å². The van der Waals surface area contributed by atoms with Crippen molar-refractivity contribution in [1.29, 1.82) is 0 Å². The predicted octanol–water partition coefficient (Wildman–Crippen LogP) is 15.5. The third-order valence-corrected chi connectivity index (χ3v) is 13.0. The molecule has 0 spiro atoms. The zero-order valence-corrected chi connectivity index (χ0v) is 34.5. The molecule has 63 heavy (non-hydrogen) atoms. The van der Waals surface area contributed by atoms with Gasteiger partial charge in [-0.2, -0.15) is 0 Å². The summed E-state index contributed by atoms with van der Waals surface area (Å²) in [6.45, 7) is 0. The van der Waals surface area contributed by atoms with Gasteiger partial charge in [-0.15, -0.1) is 0 Å². The number of fused-ring (bicyclic) bond motifs is 6. The summed E-state index contributed by atoms with van der Waals surface area (Å²) in [7, 11) is 0. The van der Waals surface area contributed by atoms with E-state index >= 15 is 0 Å². The molecular formula is C61H40N2. The van der Waals surface area contributed by atoms with Gasteiger partial charge in [0.1, 0.15) is 0 Å². The van der Waals surface area contributed by atoms with Gasteiger partial charge in [-0.25, -0.2) is 9.97 Å².